The van der Waals surface area contributed by atoms with Crippen LogP contribution in [0.25, 0.3) is 0 Å². The van der Waals surface area contributed by atoms with Gasteiger partial charge in [-0.05, 0) is 35.9 Å². The topological polar surface area (TPSA) is 110 Å². The molecule has 0 bridgehead atoms. The van der Waals surface area contributed by atoms with E-state index in [1.54, 1.807) is 12.1 Å². The van der Waals surface area contributed by atoms with Crippen molar-refractivity contribution in [2.75, 3.05) is 5.73 Å². The van der Waals surface area contributed by atoms with Crippen molar-refractivity contribution in [1.29, 1.82) is 0 Å². The first kappa shape index (κ1) is 14.4. The quantitative estimate of drug-likeness (QED) is 0.727. The van der Waals surface area contributed by atoms with Crippen LogP contribution in [0.2, 0.25) is 0 Å². The van der Waals surface area contributed by atoms with Crippen molar-refractivity contribution < 1.29 is 24.5 Å². The molecule has 0 aliphatic rings. The van der Waals surface area contributed by atoms with Gasteiger partial charge in [0.1, 0.15) is 12.4 Å². The van der Waals surface area contributed by atoms with Crippen molar-refractivity contribution >= 4 is 17.6 Å². The van der Waals surface area contributed by atoms with Gasteiger partial charge in [0.15, 0.2) is 0 Å². The summed E-state index contributed by atoms with van der Waals surface area (Å²) in [5.74, 6) is -1.79. The predicted molar refractivity (Wildman–Crippen MR) is 75.5 cm³/mol. The number of hydrogen-bond acceptors (Lipinski definition) is 4. The maximum Gasteiger partial charge on any atom is 0.335 e. The van der Waals surface area contributed by atoms with Crippen LogP contribution in [0.3, 0.4) is 0 Å². The monoisotopic (exact) mass is 287 g/mol. The number of carboxylic acids is 2. The molecule has 0 aromatic heterocycles. The van der Waals surface area contributed by atoms with Crippen molar-refractivity contribution in [2.24, 2.45) is 0 Å². The molecule has 2 aromatic rings. The van der Waals surface area contributed by atoms with Crippen molar-refractivity contribution in [3.05, 3.63) is 59.2 Å². The van der Waals surface area contributed by atoms with Crippen LogP contribution in [0.4, 0.5) is 5.69 Å². The van der Waals surface area contributed by atoms with Gasteiger partial charge in [-0.25, -0.2) is 9.59 Å². The summed E-state index contributed by atoms with van der Waals surface area (Å²) in [7, 11) is 0. The lowest BCUT2D eigenvalue weighted by Gasteiger charge is -2.10. The fourth-order valence-electron chi connectivity index (χ4n) is 1.70. The first-order chi connectivity index (χ1) is 9.97. The van der Waals surface area contributed by atoms with Crippen LogP contribution in [0.15, 0.2) is 42.5 Å². The zero-order chi connectivity index (χ0) is 15.4. The summed E-state index contributed by atoms with van der Waals surface area (Å²) in [5.41, 5.74) is 7.08. The number of rotatable bonds is 5. The number of anilines is 1. The SMILES string of the molecule is Nc1ccc(C(=O)O)cc1OCc1ccc(C(=O)O)cc1. The van der Waals surface area contributed by atoms with Crippen molar-refractivity contribution in [2.45, 2.75) is 6.61 Å². The second-order valence-corrected chi connectivity index (χ2v) is 4.35. The third-order valence-corrected chi connectivity index (χ3v) is 2.86. The Morgan fingerprint density at radius 3 is 2.10 bits per heavy atom. The number of carbonyl (C=O) groups is 2. The van der Waals surface area contributed by atoms with Crippen LogP contribution in [-0.4, -0.2) is 22.2 Å². The van der Waals surface area contributed by atoms with E-state index in [0.29, 0.717) is 5.69 Å². The van der Waals surface area contributed by atoms with E-state index in [-0.39, 0.29) is 23.5 Å². The van der Waals surface area contributed by atoms with Gasteiger partial charge in [0.05, 0.1) is 16.8 Å². The van der Waals surface area contributed by atoms with E-state index in [9.17, 15) is 9.59 Å². The Balaban J connectivity index is 2.10. The summed E-state index contributed by atoms with van der Waals surface area (Å²) in [6.07, 6.45) is 0. The van der Waals surface area contributed by atoms with Crippen molar-refractivity contribution in [3.8, 4) is 5.75 Å². The smallest absolute Gasteiger partial charge is 0.335 e. The first-order valence-electron chi connectivity index (χ1n) is 6.05. The average Bonchev–Trinajstić information content (AvgIpc) is 2.46. The molecule has 0 aliphatic heterocycles. The highest BCUT2D eigenvalue weighted by Crippen LogP contribution is 2.24. The molecule has 0 atom stereocenters. The highest BCUT2D eigenvalue weighted by Gasteiger charge is 2.08. The molecule has 21 heavy (non-hydrogen) atoms. The fraction of sp³-hybridized carbons (Fsp3) is 0.0667. The van der Waals surface area contributed by atoms with E-state index >= 15 is 0 Å². The molecule has 6 nitrogen and oxygen atoms in total. The Labute approximate surface area is 120 Å². The summed E-state index contributed by atoms with van der Waals surface area (Å²) in [6.45, 7) is 0.160. The van der Waals surface area contributed by atoms with Gasteiger partial charge < -0.3 is 20.7 Å². The molecule has 0 unspecified atom stereocenters. The van der Waals surface area contributed by atoms with Gasteiger partial charge in [0, 0.05) is 0 Å². The van der Waals surface area contributed by atoms with E-state index in [1.165, 1.54) is 30.3 Å². The molecule has 2 aromatic carbocycles. The minimum absolute atomic E-state index is 0.0837. The zero-order valence-electron chi connectivity index (χ0n) is 10.9. The maximum absolute atomic E-state index is 10.9. The molecule has 0 amide bonds. The normalized spacial score (nSPS) is 10.1. The van der Waals surface area contributed by atoms with Gasteiger partial charge in [-0.1, -0.05) is 12.1 Å². The second-order valence-electron chi connectivity index (χ2n) is 4.35. The molecule has 0 saturated carbocycles. The Morgan fingerprint density at radius 2 is 1.52 bits per heavy atom. The molecule has 108 valence electrons. The van der Waals surface area contributed by atoms with Gasteiger partial charge >= 0.3 is 11.9 Å². The highest BCUT2D eigenvalue weighted by molar-refractivity contribution is 5.89. The van der Waals surface area contributed by atoms with Gasteiger partial charge in [0.25, 0.3) is 0 Å². The molecule has 2 rings (SSSR count). The summed E-state index contributed by atoms with van der Waals surface area (Å²) in [4.78, 5) is 21.6. The molecular weight excluding hydrogens is 274 g/mol. The molecule has 6 heteroatoms. The first-order valence-corrected chi connectivity index (χ1v) is 6.05. The summed E-state index contributed by atoms with van der Waals surface area (Å²) in [5, 5.41) is 17.7. The van der Waals surface area contributed by atoms with Crippen molar-refractivity contribution in [1.82, 2.24) is 0 Å². The predicted octanol–water partition coefficient (Wildman–Crippen LogP) is 2.24. The van der Waals surface area contributed by atoms with Crippen LogP contribution >= 0.6 is 0 Å². The van der Waals surface area contributed by atoms with E-state index in [0.717, 1.165) is 5.56 Å². The third-order valence-electron chi connectivity index (χ3n) is 2.86. The number of hydrogen-bond donors (Lipinski definition) is 3. The number of ether oxygens (including phenoxy) is 1. The minimum Gasteiger partial charge on any atom is -0.487 e. The Kier molecular flexibility index (Phi) is 4.08. The maximum atomic E-state index is 10.9. The van der Waals surface area contributed by atoms with Crippen LogP contribution in [0, 0.1) is 0 Å². The third kappa shape index (κ3) is 3.50. The Morgan fingerprint density at radius 1 is 0.952 bits per heavy atom. The lowest BCUT2D eigenvalue weighted by atomic mass is 10.1. The van der Waals surface area contributed by atoms with Crippen LogP contribution in [0.5, 0.6) is 5.75 Å². The van der Waals surface area contributed by atoms with Crippen molar-refractivity contribution in [3.63, 3.8) is 0 Å². The number of nitrogen functional groups attached to an aromatic ring is 1. The molecule has 4 N–H and O–H groups in total. The van der Waals surface area contributed by atoms with E-state index in [1.807, 2.05) is 0 Å². The lowest BCUT2D eigenvalue weighted by molar-refractivity contribution is 0.0686. The molecule has 0 aliphatic carbocycles. The molecule has 0 fully saturated rings. The zero-order valence-corrected chi connectivity index (χ0v) is 10.9. The lowest BCUT2D eigenvalue weighted by Crippen LogP contribution is -2.03. The summed E-state index contributed by atoms with van der Waals surface area (Å²) < 4.78 is 5.48. The van der Waals surface area contributed by atoms with Crippen LogP contribution in [-0.2, 0) is 6.61 Å². The Hall–Kier alpha value is -3.02. The summed E-state index contributed by atoms with van der Waals surface area (Å²) >= 11 is 0. The number of benzene rings is 2. The van der Waals surface area contributed by atoms with Crippen LogP contribution < -0.4 is 10.5 Å². The van der Waals surface area contributed by atoms with Crippen LogP contribution in [0.1, 0.15) is 26.3 Å². The second kappa shape index (κ2) is 5.96. The minimum atomic E-state index is -1.06. The van der Waals surface area contributed by atoms with Gasteiger partial charge in [-0.15, -0.1) is 0 Å². The van der Waals surface area contributed by atoms with Gasteiger partial charge in [0.2, 0.25) is 0 Å². The number of carboxylic acid groups (broad SMARTS) is 2. The molecule has 0 spiro atoms. The number of nitrogens with two attached hydrogens (primary N) is 1. The Bertz CT molecular complexity index is 679. The van der Waals surface area contributed by atoms with E-state index in [4.69, 9.17) is 20.7 Å². The average molecular weight is 287 g/mol. The standard InChI is InChI=1S/C15H13NO5/c16-12-6-5-11(15(19)20)7-13(12)21-8-9-1-3-10(4-2-9)14(17)18/h1-7H,8,16H2,(H,17,18)(H,19,20). The molecular formula is C15H13NO5. The molecule has 0 heterocycles. The molecule has 0 radical (unpaired) electrons. The van der Waals surface area contributed by atoms with Gasteiger partial charge in [-0.3, -0.25) is 0 Å². The summed E-state index contributed by atoms with van der Waals surface area (Å²) in [6, 6.07) is 10.4. The van der Waals surface area contributed by atoms with E-state index < -0.39 is 11.9 Å². The molecule has 0 saturated heterocycles. The largest absolute Gasteiger partial charge is 0.487 e. The highest BCUT2D eigenvalue weighted by atomic mass is 16.5. The number of aromatic carboxylic acids is 2. The van der Waals surface area contributed by atoms with E-state index in [2.05, 4.69) is 0 Å². The fourth-order valence-corrected chi connectivity index (χ4v) is 1.70. The van der Waals surface area contributed by atoms with Gasteiger partial charge in [-0.2, -0.15) is 0 Å².